The van der Waals surface area contributed by atoms with Gasteiger partial charge in [0.15, 0.2) is 5.79 Å². The summed E-state index contributed by atoms with van der Waals surface area (Å²) in [6.07, 6.45) is 0.0727. The molecule has 1 N–H and O–H groups in total. The van der Waals surface area contributed by atoms with E-state index in [9.17, 15) is 0 Å². The lowest BCUT2D eigenvalue weighted by Gasteiger charge is -2.20. The van der Waals surface area contributed by atoms with E-state index in [1.807, 2.05) is 26.0 Å². The van der Waals surface area contributed by atoms with Crippen LogP contribution in [0, 0.1) is 0 Å². The number of rotatable bonds is 4. The third-order valence-electron chi connectivity index (χ3n) is 3.15. The topological polar surface area (TPSA) is 30.5 Å². The minimum absolute atomic E-state index is 0.0727. The maximum atomic E-state index is 6.18. The van der Waals surface area contributed by atoms with Crippen molar-refractivity contribution < 1.29 is 9.47 Å². The fourth-order valence-corrected chi connectivity index (χ4v) is 2.71. The standard InChI is InChI=1S/C14H19Cl2NO2/c1-9(12-5-4-10(15)6-13(12)16)17-7-11-8-18-14(2,3)19-11/h4-6,9,11,17H,7-8H2,1-3H3. The molecule has 106 valence electrons. The quantitative estimate of drug-likeness (QED) is 0.918. The van der Waals surface area contributed by atoms with Crippen LogP contribution in [0.1, 0.15) is 32.4 Å². The fraction of sp³-hybridized carbons (Fsp3) is 0.571. The van der Waals surface area contributed by atoms with Crippen molar-refractivity contribution in [2.75, 3.05) is 13.2 Å². The first-order valence-corrected chi connectivity index (χ1v) is 7.13. The van der Waals surface area contributed by atoms with Gasteiger partial charge in [0.05, 0.1) is 12.7 Å². The summed E-state index contributed by atoms with van der Waals surface area (Å²) >= 11 is 12.1. The zero-order chi connectivity index (χ0) is 14.0. The number of benzene rings is 1. The van der Waals surface area contributed by atoms with Crippen LogP contribution in [0.25, 0.3) is 0 Å². The van der Waals surface area contributed by atoms with E-state index in [4.69, 9.17) is 32.7 Å². The van der Waals surface area contributed by atoms with E-state index >= 15 is 0 Å². The molecule has 0 amide bonds. The van der Waals surface area contributed by atoms with Crippen molar-refractivity contribution in [2.45, 2.75) is 38.7 Å². The molecule has 2 unspecified atom stereocenters. The Hall–Kier alpha value is -0.320. The van der Waals surface area contributed by atoms with Gasteiger partial charge in [-0.25, -0.2) is 0 Å². The summed E-state index contributed by atoms with van der Waals surface area (Å²) in [6, 6.07) is 5.68. The van der Waals surface area contributed by atoms with E-state index in [-0.39, 0.29) is 12.1 Å². The number of ether oxygens (including phenoxy) is 2. The Morgan fingerprint density at radius 1 is 1.42 bits per heavy atom. The predicted octanol–water partition coefficient (Wildman–Crippen LogP) is 3.80. The van der Waals surface area contributed by atoms with Gasteiger partial charge in [-0.05, 0) is 38.5 Å². The van der Waals surface area contributed by atoms with Crippen molar-refractivity contribution in [2.24, 2.45) is 0 Å². The molecule has 19 heavy (non-hydrogen) atoms. The lowest BCUT2D eigenvalue weighted by atomic mass is 10.1. The van der Waals surface area contributed by atoms with E-state index in [0.717, 1.165) is 12.1 Å². The monoisotopic (exact) mass is 303 g/mol. The van der Waals surface area contributed by atoms with Gasteiger partial charge in [-0.1, -0.05) is 29.3 Å². The molecule has 1 heterocycles. The SMILES string of the molecule is CC(NCC1COC(C)(C)O1)c1ccc(Cl)cc1Cl. The van der Waals surface area contributed by atoms with Crippen LogP contribution in [-0.2, 0) is 9.47 Å². The third-order valence-corrected chi connectivity index (χ3v) is 3.71. The Kier molecular flexibility index (Phi) is 4.75. The lowest BCUT2D eigenvalue weighted by Crippen LogP contribution is -2.32. The van der Waals surface area contributed by atoms with Gasteiger partial charge in [0.2, 0.25) is 0 Å². The van der Waals surface area contributed by atoms with Crippen LogP contribution in [0.15, 0.2) is 18.2 Å². The second-order valence-electron chi connectivity index (χ2n) is 5.25. The summed E-state index contributed by atoms with van der Waals surface area (Å²) in [6.45, 7) is 7.25. The van der Waals surface area contributed by atoms with E-state index in [2.05, 4.69) is 12.2 Å². The average molecular weight is 304 g/mol. The molecule has 1 aliphatic rings. The van der Waals surface area contributed by atoms with Crippen molar-refractivity contribution in [3.8, 4) is 0 Å². The summed E-state index contributed by atoms with van der Waals surface area (Å²) in [5.74, 6) is -0.479. The zero-order valence-corrected chi connectivity index (χ0v) is 12.9. The van der Waals surface area contributed by atoms with Crippen LogP contribution in [0.5, 0.6) is 0 Å². The highest BCUT2D eigenvalue weighted by Crippen LogP contribution is 2.27. The molecule has 1 aromatic rings. The van der Waals surface area contributed by atoms with Crippen LogP contribution in [0.2, 0.25) is 10.0 Å². The smallest absolute Gasteiger partial charge is 0.163 e. The first kappa shape index (κ1) is 15.1. The van der Waals surface area contributed by atoms with Crippen LogP contribution >= 0.6 is 23.2 Å². The fourth-order valence-electron chi connectivity index (χ4n) is 2.13. The van der Waals surface area contributed by atoms with Gasteiger partial charge in [-0.15, -0.1) is 0 Å². The maximum Gasteiger partial charge on any atom is 0.163 e. The average Bonchev–Trinajstić information content (AvgIpc) is 2.66. The van der Waals surface area contributed by atoms with Crippen molar-refractivity contribution >= 4 is 23.2 Å². The number of hydrogen-bond acceptors (Lipinski definition) is 3. The Bertz CT molecular complexity index is 451. The molecule has 2 atom stereocenters. The minimum Gasteiger partial charge on any atom is -0.348 e. The van der Waals surface area contributed by atoms with Gasteiger partial charge in [-0.3, -0.25) is 0 Å². The molecule has 3 nitrogen and oxygen atoms in total. The zero-order valence-electron chi connectivity index (χ0n) is 11.4. The number of nitrogens with one attached hydrogen (secondary N) is 1. The largest absolute Gasteiger partial charge is 0.348 e. The molecule has 1 fully saturated rings. The third kappa shape index (κ3) is 4.07. The summed E-state index contributed by atoms with van der Waals surface area (Å²) < 4.78 is 11.3. The lowest BCUT2D eigenvalue weighted by molar-refractivity contribution is -0.137. The van der Waals surface area contributed by atoms with Crippen molar-refractivity contribution in [3.63, 3.8) is 0 Å². The summed E-state index contributed by atoms with van der Waals surface area (Å²) in [4.78, 5) is 0. The van der Waals surface area contributed by atoms with Gasteiger partial charge in [0, 0.05) is 22.6 Å². The second-order valence-corrected chi connectivity index (χ2v) is 6.09. The normalized spacial score (nSPS) is 23.5. The molecule has 5 heteroatoms. The van der Waals surface area contributed by atoms with E-state index < -0.39 is 5.79 Å². The maximum absolute atomic E-state index is 6.18. The Morgan fingerprint density at radius 3 is 2.74 bits per heavy atom. The molecular weight excluding hydrogens is 285 g/mol. The molecule has 0 saturated carbocycles. The van der Waals surface area contributed by atoms with Crippen molar-refractivity contribution in [1.29, 1.82) is 0 Å². The van der Waals surface area contributed by atoms with Crippen LogP contribution < -0.4 is 5.32 Å². The van der Waals surface area contributed by atoms with Gasteiger partial charge in [0.25, 0.3) is 0 Å². The molecule has 1 aliphatic heterocycles. The van der Waals surface area contributed by atoms with Gasteiger partial charge >= 0.3 is 0 Å². The molecule has 2 rings (SSSR count). The van der Waals surface area contributed by atoms with Crippen LogP contribution in [0.4, 0.5) is 0 Å². The first-order chi connectivity index (χ1) is 8.87. The first-order valence-electron chi connectivity index (χ1n) is 6.37. The Morgan fingerprint density at radius 2 is 2.16 bits per heavy atom. The Labute approximate surface area is 124 Å². The summed E-state index contributed by atoms with van der Waals surface area (Å²) in [5.41, 5.74) is 1.03. The molecule has 0 aromatic heterocycles. The predicted molar refractivity (Wildman–Crippen MR) is 77.8 cm³/mol. The molecule has 0 spiro atoms. The van der Waals surface area contributed by atoms with Crippen molar-refractivity contribution in [1.82, 2.24) is 5.32 Å². The van der Waals surface area contributed by atoms with E-state index in [0.29, 0.717) is 16.7 Å². The van der Waals surface area contributed by atoms with Crippen LogP contribution in [0.3, 0.4) is 0 Å². The van der Waals surface area contributed by atoms with Crippen LogP contribution in [-0.4, -0.2) is 25.0 Å². The molecule has 1 aromatic carbocycles. The highest BCUT2D eigenvalue weighted by Gasteiger charge is 2.32. The molecule has 1 saturated heterocycles. The molecular formula is C14H19Cl2NO2. The minimum atomic E-state index is -0.479. The van der Waals surface area contributed by atoms with Crippen molar-refractivity contribution in [3.05, 3.63) is 33.8 Å². The second kappa shape index (κ2) is 5.98. The van der Waals surface area contributed by atoms with Gasteiger partial charge in [-0.2, -0.15) is 0 Å². The molecule has 0 aliphatic carbocycles. The van der Waals surface area contributed by atoms with Gasteiger partial charge in [0.1, 0.15) is 0 Å². The van der Waals surface area contributed by atoms with Gasteiger partial charge < -0.3 is 14.8 Å². The number of hydrogen-bond donors (Lipinski definition) is 1. The summed E-state index contributed by atoms with van der Waals surface area (Å²) in [7, 11) is 0. The molecule has 0 bridgehead atoms. The molecule has 0 radical (unpaired) electrons. The summed E-state index contributed by atoms with van der Waals surface area (Å²) in [5, 5.41) is 4.73. The highest BCUT2D eigenvalue weighted by atomic mass is 35.5. The van der Waals surface area contributed by atoms with E-state index in [1.54, 1.807) is 6.07 Å². The number of halogens is 2. The highest BCUT2D eigenvalue weighted by molar-refractivity contribution is 6.35. The Balaban J connectivity index is 1.89. The van der Waals surface area contributed by atoms with E-state index in [1.165, 1.54) is 0 Å².